The molecule has 4 heteroatoms. The summed E-state index contributed by atoms with van der Waals surface area (Å²) in [6.07, 6.45) is 0. The van der Waals surface area contributed by atoms with Gasteiger partial charge in [-0.2, -0.15) is 11.8 Å². The molecule has 0 heterocycles. The summed E-state index contributed by atoms with van der Waals surface area (Å²) >= 11 is 1.86. The Balaban J connectivity index is 2.80. The molecule has 0 radical (unpaired) electrons. The number of nitrogens with one attached hydrogen (secondary N) is 1. The van der Waals surface area contributed by atoms with Crippen molar-refractivity contribution in [3.8, 4) is 5.75 Å². The molecule has 0 saturated heterocycles. The molecule has 1 unspecified atom stereocenters. The lowest BCUT2D eigenvalue weighted by molar-refractivity contribution is 0.403. The monoisotopic (exact) mass is 226 g/mol. The van der Waals surface area contributed by atoms with Crippen LogP contribution in [-0.4, -0.2) is 18.6 Å². The summed E-state index contributed by atoms with van der Waals surface area (Å²) in [4.78, 5) is 0. The van der Waals surface area contributed by atoms with Gasteiger partial charge in [-0.05, 0) is 11.8 Å². The third-order valence-electron chi connectivity index (χ3n) is 2.20. The van der Waals surface area contributed by atoms with Crippen LogP contribution in [0.3, 0.4) is 0 Å². The second kappa shape index (κ2) is 6.71. The second-order valence-corrected chi connectivity index (χ2v) is 4.44. The van der Waals surface area contributed by atoms with Crippen LogP contribution in [0.4, 0.5) is 0 Å². The number of nitrogens with two attached hydrogens (primary N) is 1. The molecule has 1 rings (SSSR count). The van der Waals surface area contributed by atoms with Crippen molar-refractivity contribution >= 4 is 11.8 Å². The van der Waals surface area contributed by atoms with E-state index in [0.717, 1.165) is 22.8 Å². The number of methoxy groups -OCH3 is 1. The molecule has 3 nitrogen and oxygen atoms in total. The first kappa shape index (κ1) is 12.4. The van der Waals surface area contributed by atoms with Crippen molar-refractivity contribution < 1.29 is 4.74 Å². The Morgan fingerprint density at radius 2 is 2.20 bits per heavy atom. The summed E-state index contributed by atoms with van der Waals surface area (Å²) in [5.74, 6) is 8.48. The number of rotatable bonds is 6. The van der Waals surface area contributed by atoms with Crippen molar-refractivity contribution in [2.45, 2.75) is 13.0 Å². The molecule has 3 N–H and O–H groups in total. The number of hydrogen-bond donors (Lipinski definition) is 2. The lowest BCUT2D eigenvalue weighted by Gasteiger charge is -2.18. The van der Waals surface area contributed by atoms with Crippen molar-refractivity contribution in [1.29, 1.82) is 0 Å². The number of hydrazine groups is 1. The lowest BCUT2D eigenvalue weighted by atomic mass is 10.1. The maximum absolute atomic E-state index is 5.55. The van der Waals surface area contributed by atoms with Gasteiger partial charge < -0.3 is 4.74 Å². The van der Waals surface area contributed by atoms with Crippen molar-refractivity contribution in [3.05, 3.63) is 29.8 Å². The van der Waals surface area contributed by atoms with Crippen LogP contribution in [0.2, 0.25) is 0 Å². The van der Waals surface area contributed by atoms with E-state index in [1.165, 1.54) is 0 Å². The van der Waals surface area contributed by atoms with Crippen molar-refractivity contribution in [2.75, 3.05) is 18.6 Å². The smallest absolute Gasteiger partial charge is 0.123 e. The van der Waals surface area contributed by atoms with E-state index in [0.29, 0.717) is 0 Å². The average molecular weight is 226 g/mol. The summed E-state index contributed by atoms with van der Waals surface area (Å²) in [6.45, 7) is 2.14. The highest BCUT2D eigenvalue weighted by molar-refractivity contribution is 7.99. The summed E-state index contributed by atoms with van der Waals surface area (Å²) in [7, 11) is 1.68. The molecular formula is C11H18N2OS. The van der Waals surface area contributed by atoms with Gasteiger partial charge in [-0.3, -0.25) is 11.3 Å². The first-order chi connectivity index (χ1) is 7.33. The van der Waals surface area contributed by atoms with Crippen LogP contribution in [0.25, 0.3) is 0 Å². The van der Waals surface area contributed by atoms with E-state index in [4.69, 9.17) is 10.6 Å². The van der Waals surface area contributed by atoms with E-state index in [2.05, 4.69) is 12.3 Å². The van der Waals surface area contributed by atoms with E-state index < -0.39 is 0 Å². The standard InChI is InChI=1S/C11H18N2OS/c1-3-15-8-10(13-12)9-6-4-5-7-11(9)14-2/h4-7,10,13H,3,8,12H2,1-2H3. The number of thioether (sulfide) groups is 1. The van der Waals surface area contributed by atoms with Gasteiger partial charge in [-0.15, -0.1) is 0 Å². The second-order valence-electron chi connectivity index (χ2n) is 3.12. The molecule has 0 saturated carbocycles. The van der Waals surface area contributed by atoms with Gasteiger partial charge in [0.25, 0.3) is 0 Å². The predicted octanol–water partition coefficient (Wildman–Crippen LogP) is 1.95. The van der Waals surface area contributed by atoms with Crippen LogP contribution >= 0.6 is 11.8 Å². The largest absolute Gasteiger partial charge is 0.496 e. The maximum Gasteiger partial charge on any atom is 0.123 e. The molecule has 0 aliphatic rings. The molecule has 0 bridgehead atoms. The molecule has 0 fully saturated rings. The number of para-hydroxylation sites is 1. The highest BCUT2D eigenvalue weighted by Crippen LogP contribution is 2.26. The van der Waals surface area contributed by atoms with Gasteiger partial charge in [-0.1, -0.05) is 25.1 Å². The Hall–Kier alpha value is -0.710. The molecule has 0 aliphatic heterocycles. The minimum Gasteiger partial charge on any atom is -0.496 e. The third kappa shape index (κ3) is 3.41. The van der Waals surface area contributed by atoms with Crippen molar-refractivity contribution in [3.63, 3.8) is 0 Å². The highest BCUT2D eigenvalue weighted by Gasteiger charge is 2.13. The molecule has 0 aliphatic carbocycles. The minimum atomic E-state index is 0.145. The molecule has 0 spiro atoms. The molecule has 1 aromatic carbocycles. The Morgan fingerprint density at radius 1 is 1.47 bits per heavy atom. The zero-order valence-electron chi connectivity index (χ0n) is 9.19. The van der Waals surface area contributed by atoms with Gasteiger partial charge in [0.2, 0.25) is 0 Å². The number of hydrogen-bond acceptors (Lipinski definition) is 4. The lowest BCUT2D eigenvalue weighted by Crippen LogP contribution is -2.30. The zero-order valence-corrected chi connectivity index (χ0v) is 10.0. The fraction of sp³-hybridized carbons (Fsp3) is 0.455. The number of benzene rings is 1. The van der Waals surface area contributed by atoms with E-state index >= 15 is 0 Å². The zero-order chi connectivity index (χ0) is 11.1. The molecule has 1 atom stereocenters. The van der Waals surface area contributed by atoms with Crippen LogP contribution in [0.1, 0.15) is 18.5 Å². The average Bonchev–Trinajstić information content (AvgIpc) is 2.30. The topological polar surface area (TPSA) is 47.3 Å². The van der Waals surface area contributed by atoms with E-state index in [-0.39, 0.29) is 6.04 Å². The molecular weight excluding hydrogens is 208 g/mol. The maximum atomic E-state index is 5.55. The third-order valence-corrected chi connectivity index (χ3v) is 3.18. The van der Waals surface area contributed by atoms with Crippen LogP contribution in [0, 0.1) is 0 Å². The van der Waals surface area contributed by atoms with Crippen LogP contribution in [-0.2, 0) is 0 Å². The Bertz CT molecular complexity index is 294. The predicted molar refractivity (Wildman–Crippen MR) is 66.1 cm³/mol. The van der Waals surface area contributed by atoms with Crippen molar-refractivity contribution in [1.82, 2.24) is 5.43 Å². The fourth-order valence-electron chi connectivity index (χ4n) is 1.42. The van der Waals surface area contributed by atoms with E-state index in [1.807, 2.05) is 36.0 Å². The van der Waals surface area contributed by atoms with Crippen molar-refractivity contribution in [2.24, 2.45) is 5.84 Å². The van der Waals surface area contributed by atoms with Crippen LogP contribution in [0.15, 0.2) is 24.3 Å². The van der Waals surface area contributed by atoms with Gasteiger partial charge in [0.15, 0.2) is 0 Å². The Morgan fingerprint density at radius 3 is 2.80 bits per heavy atom. The van der Waals surface area contributed by atoms with Gasteiger partial charge in [-0.25, -0.2) is 0 Å². The summed E-state index contributed by atoms with van der Waals surface area (Å²) < 4.78 is 5.30. The summed E-state index contributed by atoms with van der Waals surface area (Å²) in [6, 6.07) is 8.10. The Labute approximate surface area is 95.4 Å². The highest BCUT2D eigenvalue weighted by atomic mass is 32.2. The summed E-state index contributed by atoms with van der Waals surface area (Å²) in [5.41, 5.74) is 3.94. The first-order valence-corrected chi connectivity index (χ1v) is 6.15. The summed E-state index contributed by atoms with van der Waals surface area (Å²) in [5, 5.41) is 0. The molecule has 15 heavy (non-hydrogen) atoms. The van der Waals surface area contributed by atoms with Gasteiger partial charge in [0.1, 0.15) is 5.75 Å². The fourth-order valence-corrected chi connectivity index (χ4v) is 2.16. The SMILES string of the molecule is CCSCC(NN)c1ccccc1OC. The first-order valence-electron chi connectivity index (χ1n) is 5.00. The van der Waals surface area contributed by atoms with E-state index in [1.54, 1.807) is 7.11 Å². The van der Waals surface area contributed by atoms with Gasteiger partial charge in [0, 0.05) is 11.3 Å². The minimum absolute atomic E-state index is 0.145. The normalized spacial score (nSPS) is 12.5. The molecule has 84 valence electrons. The van der Waals surface area contributed by atoms with Gasteiger partial charge >= 0.3 is 0 Å². The Kier molecular flexibility index (Phi) is 5.53. The molecule has 0 aromatic heterocycles. The molecule has 0 amide bonds. The number of ether oxygens (including phenoxy) is 1. The molecule has 1 aromatic rings. The van der Waals surface area contributed by atoms with Gasteiger partial charge in [0.05, 0.1) is 13.2 Å². The van der Waals surface area contributed by atoms with Crippen LogP contribution in [0.5, 0.6) is 5.75 Å². The van der Waals surface area contributed by atoms with Crippen LogP contribution < -0.4 is 16.0 Å². The van der Waals surface area contributed by atoms with E-state index in [9.17, 15) is 0 Å². The quantitative estimate of drug-likeness (QED) is 0.575.